The molecule has 0 spiro atoms. The fourth-order valence-electron chi connectivity index (χ4n) is 3.36. The van der Waals surface area contributed by atoms with Gasteiger partial charge in [-0.25, -0.2) is 9.37 Å². The molecule has 0 aliphatic carbocycles. The zero-order valence-electron chi connectivity index (χ0n) is 14.9. The van der Waals surface area contributed by atoms with Crippen molar-refractivity contribution in [3.63, 3.8) is 0 Å². The van der Waals surface area contributed by atoms with Gasteiger partial charge in [-0.15, -0.1) is 0 Å². The van der Waals surface area contributed by atoms with Crippen LogP contribution in [-0.4, -0.2) is 22.1 Å². The third-order valence-corrected chi connectivity index (χ3v) is 4.86. The van der Waals surface area contributed by atoms with Gasteiger partial charge in [0.15, 0.2) is 0 Å². The molecule has 5 nitrogen and oxygen atoms in total. The highest BCUT2D eigenvalue weighted by atomic mass is 19.1. The highest BCUT2D eigenvalue weighted by molar-refractivity contribution is 5.80. The molecule has 1 aliphatic rings. The van der Waals surface area contributed by atoms with E-state index in [1.165, 1.54) is 12.1 Å². The number of rotatable bonds is 4. The minimum Gasteiger partial charge on any atom is -0.492 e. The summed E-state index contributed by atoms with van der Waals surface area (Å²) < 4.78 is 20.9. The van der Waals surface area contributed by atoms with E-state index in [1.807, 2.05) is 42.1 Å². The maximum absolute atomic E-state index is 13.3. The molecular formula is C21H20FN3O2. The van der Waals surface area contributed by atoms with Crippen molar-refractivity contribution in [1.82, 2.24) is 14.9 Å². The van der Waals surface area contributed by atoms with Crippen molar-refractivity contribution in [1.29, 1.82) is 0 Å². The number of nitrogens with one attached hydrogen (secondary N) is 1. The van der Waals surface area contributed by atoms with Crippen molar-refractivity contribution in [2.75, 3.05) is 6.61 Å². The highest BCUT2D eigenvalue weighted by Crippen LogP contribution is 2.28. The Kier molecular flexibility index (Phi) is 4.62. The summed E-state index contributed by atoms with van der Waals surface area (Å²) >= 11 is 0. The van der Waals surface area contributed by atoms with Crippen molar-refractivity contribution >= 4 is 5.91 Å². The molecule has 2 aromatic carbocycles. The molecule has 0 saturated carbocycles. The first-order valence-corrected chi connectivity index (χ1v) is 8.85. The van der Waals surface area contributed by atoms with Crippen molar-refractivity contribution in [3.05, 3.63) is 83.7 Å². The van der Waals surface area contributed by atoms with E-state index in [-0.39, 0.29) is 17.6 Å². The molecule has 2 atom stereocenters. The third kappa shape index (κ3) is 3.56. The van der Waals surface area contributed by atoms with E-state index >= 15 is 0 Å². The number of hydrogen-bond acceptors (Lipinski definition) is 3. The first-order valence-electron chi connectivity index (χ1n) is 8.85. The molecule has 0 saturated heterocycles. The van der Waals surface area contributed by atoms with Crippen LogP contribution < -0.4 is 10.1 Å². The molecule has 1 aliphatic heterocycles. The molecule has 138 valence electrons. The van der Waals surface area contributed by atoms with Gasteiger partial charge in [0.25, 0.3) is 0 Å². The minimum absolute atomic E-state index is 0.109. The van der Waals surface area contributed by atoms with E-state index in [4.69, 9.17) is 4.74 Å². The van der Waals surface area contributed by atoms with Crippen LogP contribution in [0.4, 0.5) is 4.39 Å². The van der Waals surface area contributed by atoms with Crippen LogP contribution in [0.3, 0.4) is 0 Å². The molecule has 0 radical (unpaired) electrons. The zero-order valence-corrected chi connectivity index (χ0v) is 14.9. The quantitative estimate of drug-likeness (QED) is 0.773. The summed E-state index contributed by atoms with van der Waals surface area (Å²) in [4.78, 5) is 17.3. The maximum atomic E-state index is 13.3. The Morgan fingerprint density at radius 3 is 2.78 bits per heavy atom. The Morgan fingerprint density at radius 1 is 1.26 bits per heavy atom. The normalized spacial score (nSPS) is 16.9. The Labute approximate surface area is 156 Å². The smallest absolute Gasteiger partial charge is 0.227 e. The lowest BCUT2D eigenvalue weighted by molar-refractivity contribution is -0.126. The number of fused-ring (bicyclic) bond motifs is 1. The average molecular weight is 365 g/mol. The molecule has 0 bridgehead atoms. The SMILES string of the molecule is Cn1ccnc1[C@H](NC(=O)[C@H]1COc2ccccc2C1)c1ccc(F)cc1. The maximum Gasteiger partial charge on any atom is 0.227 e. The minimum atomic E-state index is -0.463. The number of aryl methyl sites for hydroxylation is 1. The number of halogens is 1. The van der Waals surface area contributed by atoms with E-state index in [9.17, 15) is 9.18 Å². The second-order valence-electron chi connectivity index (χ2n) is 6.71. The van der Waals surface area contributed by atoms with E-state index in [0.29, 0.717) is 18.9 Å². The Hall–Kier alpha value is -3.15. The van der Waals surface area contributed by atoms with Gasteiger partial charge in [0.1, 0.15) is 30.0 Å². The van der Waals surface area contributed by atoms with E-state index in [0.717, 1.165) is 16.9 Å². The van der Waals surface area contributed by atoms with Crippen molar-refractivity contribution in [3.8, 4) is 5.75 Å². The predicted octanol–water partition coefficient (Wildman–Crippen LogP) is 3.02. The summed E-state index contributed by atoms with van der Waals surface area (Å²) in [5.74, 6) is 0.804. The van der Waals surface area contributed by atoms with E-state index < -0.39 is 6.04 Å². The molecule has 1 aromatic heterocycles. The molecule has 2 heterocycles. The lowest BCUT2D eigenvalue weighted by atomic mass is 9.95. The predicted molar refractivity (Wildman–Crippen MR) is 98.7 cm³/mol. The number of hydrogen-bond donors (Lipinski definition) is 1. The second kappa shape index (κ2) is 7.23. The lowest BCUT2D eigenvalue weighted by Gasteiger charge is -2.27. The monoisotopic (exact) mass is 365 g/mol. The van der Waals surface area contributed by atoms with Crippen molar-refractivity contribution in [2.45, 2.75) is 12.5 Å². The average Bonchev–Trinajstić information content (AvgIpc) is 3.12. The molecule has 27 heavy (non-hydrogen) atoms. The summed E-state index contributed by atoms with van der Waals surface area (Å²) in [7, 11) is 1.87. The van der Waals surface area contributed by atoms with Crippen LogP contribution in [0.2, 0.25) is 0 Å². The number of carbonyl (C=O) groups excluding carboxylic acids is 1. The van der Waals surface area contributed by atoms with E-state index in [1.54, 1.807) is 18.3 Å². The largest absolute Gasteiger partial charge is 0.492 e. The number of carbonyl (C=O) groups is 1. The number of benzene rings is 2. The zero-order chi connectivity index (χ0) is 18.8. The van der Waals surface area contributed by atoms with Gasteiger partial charge in [0, 0.05) is 19.4 Å². The molecule has 0 fully saturated rings. The van der Waals surface area contributed by atoms with Crippen LogP contribution in [0.1, 0.15) is 23.0 Å². The van der Waals surface area contributed by atoms with Crippen molar-refractivity contribution < 1.29 is 13.9 Å². The van der Waals surface area contributed by atoms with Crippen LogP contribution >= 0.6 is 0 Å². The first-order chi connectivity index (χ1) is 13.1. The van der Waals surface area contributed by atoms with Crippen LogP contribution in [0.5, 0.6) is 5.75 Å². The standard InChI is InChI=1S/C21H20FN3O2/c1-25-11-10-23-20(25)19(14-6-8-17(22)9-7-14)24-21(26)16-12-15-4-2-3-5-18(15)27-13-16/h2-11,16,19H,12-13H2,1H3,(H,24,26)/t16-,19-/m1/s1. The van der Waals surface area contributed by atoms with Gasteiger partial charge in [0.2, 0.25) is 5.91 Å². The summed E-state index contributed by atoms with van der Waals surface area (Å²) in [5.41, 5.74) is 1.80. The summed E-state index contributed by atoms with van der Waals surface area (Å²) in [5, 5.41) is 3.07. The molecule has 4 rings (SSSR count). The first kappa shape index (κ1) is 17.3. The number of nitrogens with zero attached hydrogens (tertiary/aromatic N) is 2. The molecular weight excluding hydrogens is 345 g/mol. The number of para-hydroxylation sites is 1. The van der Waals surface area contributed by atoms with E-state index in [2.05, 4.69) is 10.3 Å². The number of amides is 1. The van der Waals surface area contributed by atoms with Gasteiger partial charge in [-0.05, 0) is 35.7 Å². The van der Waals surface area contributed by atoms with Crippen molar-refractivity contribution in [2.24, 2.45) is 13.0 Å². The fraction of sp³-hybridized carbons (Fsp3) is 0.238. The second-order valence-corrected chi connectivity index (χ2v) is 6.71. The van der Waals surface area contributed by atoms with Gasteiger partial charge in [0.05, 0.1) is 5.92 Å². The molecule has 1 amide bonds. The highest BCUT2D eigenvalue weighted by Gasteiger charge is 2.29. The molecule has 3 aromatic rings. The molecule has 1 N–H and O–H groups in total. The number of imidazole rings is 1. The molecule has 6 heteroatoms. The third-order valence-electron chi connectivity index (χ3n) is 4.86. The Morgan fingerprint density at radius 2 is 2.04 bits per heavy atom. The summed E-state index contributed by atoms with van der Waals surface area (Å²) in [6.45, 7) is 0.333. The van der Waals surface area contributed by atoms with Gasteiger partial charge in [-0.2, -0.15) is 0 Å². The van der Waals surface area contributed by atoms with Gasteiger partial charge in [-0.3, -0.25) is 4.79 Å². The topological polar surface area (TPSA) is 56.2 Å². The Bertz CT molecular complexity index is 952. The Balaban J connectivity index is 1.58. The number of aromatic nitrogens is 2. The number of ether oxygens (including phenoxy) is 1. The fourth-order valence-corrected chi connectivity index (χ4v) is 3.36. The van der Waals surface area contributed by atoms with Crippen LogP contribution in [0, 0.1) is 11.7 Å². The van der Waals surface area contributed by atoms with Crippen LogP contribution in [-0.2, 0) is 18.3 Å². The van der Waals surface area contributed by atoms with Gasteiger partial charge in [-0.1, -0.05) is 30.3 Å². The van der Waals surface area contributed by atoms with Gasteiger partial charge < -0.3 is 14.6 Å². The summed E-state index contributed by atoms with van der Waals surface area (Å²) in [6, 6.07) is 13.4. The van der Waals surface area contributed by atoms with Crippen LogP contribution in [0.15, 0.2) is 60.9 Å². The molecule has 0 unspecified atom stereocenters. The lowest BCUT2D eigenvalue weighted by Crippen LogP contribution is -2.40. The van der Waals surface area contributed by atoms with Crippen LogP contribution in [0.25, 0.3) is 0 Å². The van der Waals surface area contributed by atoms with Gasteiger partial charge >= 0.3 is 0 Å². The summed E-state index contributed by atoms with van der Waals surface area (Å²) in [6.07, 6.45) is 4.12.